The molecule has 0 aliphatic heterocycles. The summed E-state index contributed by atoms with van der Waals surface area (Å²) in [6, 6.07) is 2.13. The molecule has 0 saturated carbocycles. The van der Waals surface area contributed by atoms with Crippen molar-refractivity contribution in [3.63, 3.8) is 0 Å². The maximum atomic E-state index is 13.1. The van der Waals surface area contributed by atoms with E-state index in [1.54, 1.807) is 0 Å². The first kappa shape index (κ1) is 10.3. The van der Waals surface area contributed by atoms with Crippen molar-refractivity contribution in [1.29, 1.82) is 0 Å². The maximum Gasteiger partial charge on any atom is 0.153 e. The van der Waals surface area contributed by atoms with Crippen LogP contribution in [0, 0.1) is 11.6 Å². The third-order valence-corrected chi connectivity index (χ3v) is 2.12. The average Bonchev–Trinajstić information content (AvgIpc) is 2.12. The molecule has 0 fully saturated rings. The van der Waals surface area contributed by atoms with E-state index >= 15 is 0 Å². The van der Waals surface area contributed by atoms with Crippen LogP contribution in [0.25, 0.3) is 0 Å². The van der Waals surface area contributed by atoms with Gasteiger partial charge < -0.3 is 9.90 Å². The van der Waals surface area contributed by atoms with Gasteiger partial charge >= 0.3 is 0 Å². The molecule has 0 aliphatic rings. The van der Waals surface area contributed by atoms with E-state index in [1.165, 1.54) is 0 Å². The largest absolute Gasteiger partial charge is 0.381 e. The molecule has 5 heteroatoms. The van der Waals surface area contributed by atoms with Gasteiger partial charge in [0.25, 0.3) is 0 Å². The first-order valence-corrected chi connectivity index (χ1v) is 4.14. The van der Waals surface area contributed by atoms with Crippen molar-refractivity contribution in [2.24, 2.45) is 0 Å². The Kier molecular flexibility index (Phi) is 3.11. The lowest BCUT2D eigenvalue weighted by Crippen LogP contribution is -2.05. The molecule has 2 nitrogen and oxygen atoms in total. The number of carbonyl (C=O) groups is 1. The molecule has 70 valence electrons. The fourth-order valence-electron chi connectivity index (χ4n) is 0.882. The van der Waals surface area contributed by atoms with Crippen LogP contribution in [0.5, 0.6) is 0 Å². The number of benzene rings is 1. The summed E-state index contributed by atoms with van der Waals surface area (Å²) in [5, 5.41) is 8.95. The zero-order valence-electron chi connectivity index (χ0n) is 6.30. The number of aliphatic hydroxyl groups excluding tert-OH is 1. The summed E-state index contributed by atoms with van der Waals surface area (Å²) in [5.74, 6) is -1.90. The van der Waals surface area contributed by atoms with E-state index in [2.05, 4.69) is 15.9 Å². The molecule has 0 aliphatic carbocycles. The van der Waals surface area contributed by atoms with Gasteiger partial charge in [-0.3, -0.25) is 0 Å². The molecule has 1 atom stereocenters. The van der Waals surface area contributed by atoms with Gasteiger partial charge in [-0.2, -0.15) is 0 Å². The second-order valence-electron chi connectivity index (χ2n) is 2.34. The smallest absolute Gasteiger partial charge is 0.153 e. The molecule has 0 heterocycles. The van der Waals surface area contributed by atoms with Crippen LogP contribution < -0.4 is 0 Å². The second kappa shape index (κ2) is 3.93. The van der Waals surface area contributed by atoms with Crippen LogP contribution in [0.15, 0.2) is 16.6 Å². The Labute approximate surface area is 81.3 Å². The van der Waals surface area contributed by atoms with Crippen molar-refractivity contribution < 1.29 is 18.7 Å². The topological polar surface area (TPSA) is 37.3 Å². The predicted octanol–water partition coefficient (Wildman–Crippen LogP) is 1.96. The lowest BCUT2D eigenvalue weighted by Gasteiger charge is -2.07. The number of rotatable bonds is 2. The minimum Gasteiger partial charge on any atom is -0.381 e. The summed E-state index contributed by atoms with van der Waals surface area (Å²) >= 11 is 2.81. The molecule has 1 unspecified atom stereocenters. The van der Waals surface area contributed by atoms with Gasteiger partial charge in [0, 0.05) is 0 Å². The van der Waals surface area contributed by atoms with E-state index in [9.17, 15) is 13.6 Å². The van der Waals surface area contributed by atoms with E-state index in [4.69, 9.17) is 5.11 Å². The van der Waals surface area contributed by atoms with E-state index in [-0.39, 0.29) is 10.8 Å². The van der Waals surface area contributed by atoms with E-state index in [0.717, 1.165) is 12.1 Å². The molecule has 0 bridgehead atoms. The van der Waals surface area contributed by atoms with Crippen molar-refractivity contribution in [2.75, 3.05) is 0 Å². The van der Waals surface area contributed by atoms with Crippen molar-refractivity contribution in [2.45, 2.75) is 6.10 Å². The van der Waals surface area contributed by atoms with E-state index < -0.39 is 23.3 Å². The molecule has 0 saturated heterocycles. The molecular weight excluding hydrogens is 246 g/mol. The van der Waals surface area contributed by atoms with Crippen LogP contribution in [-0.2, 0) is 4.79 Å². The highest BCUT2D eigenvalue weighted by atomic mass is 79.9. The summed E-state index contributed by atoms with van der Waals surface area (Å²) in [5.41, 5.74) is -0.635. The van der Waals surface area contributed by atoms with Gasteiger partial charge in [0.05, 0.1) is 10.0 Å². The van der Waals surface area contributed by atoms with Crippen LogP contribution in [0.3, 0.4) is 0 Å². The molecular formula is C8H5BrF2O2. The van der Waals surface area contributed by atoms with Gasteiger partial charge in [0.15, 0.2) is 6.29 Å². The zero-order valence-corrected chi connectivity index (χ0v) is 7.88. The number of hydrogen-bond acceptors (Lipinski definition) is 2. The van der Waals surface area contributed by atoms with Crippen molar-refractivity contribution >= 4 is 22.2 Å². The number of carbonyl (C=O) groups excluding carboxylic acids is 1. The number of hydrogen-bond donors (Lipinski definition) is 1. The minimum absolute atomic E-state index is 0.00444. The normalized spacial score (nSPS) is 12.6. The highest BCUT2D eigenvalue weighted by molar-refractivity contribution is 9.10. The molecule has 0 radical (unpaired) electrons. The first-order valence-electron chi connectivity index (χ1n) is 3.34. The lowest BCUT2D eigenvalue weighted by atomic mass is 10.1. The Hall–Kier alpha value is -0.810. The molecule has 1 N–H and O–H groups in total. The van der Waals surface area contributed by atoms with E-state index in [0.29, 0.717) is 0 Å². The van der Waals surface area contributed by atoms with Crippen molar-refractivity contribution in [3.8, 4) is 0 Å². The summed E-state index contributed by atoms with van der Waals surface area (Å²) < 4.78 is 26.0. The summed E-state index contributed by atoms with van der Waals surface area (Å²) in [7, 11) is 0. The van der Waals surface area contributed by atoms with Gasteiger partial charge in [-0.25, -0.2) is 8.78 Å². The third-order valence-electron chi connectivity index (χ3n) is 1.50. The molecule has 0 aromatic heterocycles. The molecule has 1 aromatic rings. The molecule has 0 spiro atoms. The Balaban J connectivity index is 3.32. The molecule has 1 rings (SSSR count). The monoisotopic (exact) mass is 250 g/mol. The van der Waals surface area contributed by atoms with Crippen LogP contribution in [0.1, 0.15) is 11.7 Å². The lowest BCUT2D eigenvalue weighted by molar-refractivity contribution is -0.115. The van der Waals surface area contributed by atoms with Crippen molar-refractivity contribution in [3.05, 3.63) is 33.8 Å². The van der Waals surface area contributed by atoms with Gasteiger partial charge in [0.1, 0.15) is 17.7 Å². The Morgan fingerprint density at radius 3 is 2.62 bits per heavy atom. The quantitative estimate of drug-likeness (QED) is 0.644. The fraction of sp³-hybridized carbons (Fsp3) is 0.125. The Morgan fingerprint density at radius 2 is 2.08 bits per heavy atom. The standard InChI is InChI=1S/C8H5BrF2O2/c9-4-1-2-5(10)7(8(4)11)6(13)3-12/h1-3,6,13H. The molecule has 1 aromatic carbocycles. The van der Waals surface area contributed by atoms with Crippen LogP contribution in [-0.4, -0.2) is 11.4 Å². The minimum atomic E-state index is -1.77. The van der Waals surface area contributed by atoms with Crippen LogP contribution >= 0.6 is 15.9 Å². The van der Waals surface area contributed by atoms with Gasteiger partial charge in [-0.15, -0.1) is 0 Å². The van der Waals surface area contributed by atoms with Gasteiger partial charge in [0.2, 0.25) is 0 Å². The van der Waals surface area contributed by atoms with Gasteiger partial charge in [-0.1, -0.05) is 0 Å². The number of aldehydes is 1. The maximum absolute atomic E-state index is 13.1. The predicted molar refractivity (Wildman–Crippen MR) is 45.1 cm³/mol. The highest BCUT2D eigenvalue weighted by Gasteiger charge is 2.19. The zero-order chi connectivity index (χ0) is 10.0. The average molecular weight is 251 g/mol. The highest BCUT2D eigenvalue weighted by Crippen LogP contribution is 2.25. The van der Waals surface area contributed by atoms with Crippen LogP contribution in [0.2, 0.25) is 0 Å². The van der Waals surface area contributed by atoms with Gasteiger partial charge in [-0.05, 0) is 28.1 Å². The van der Waals surface area contributed by atoms with Crippen molar-refractivity contribution in [1.82, 2.24) is 0 Å². The van der Waals surface area contributed by atoms with E-state index in [1.807, 2.05) is 0 Å². The summed E-state index contributed by atoms with van der Waals surface area (Å²) in [6.07, 6.45) is -1.70. The fourth-order valence-corrected chi connectivity index (χ4v) is 1.23. The SMILES string of the molecule is O=CC(O)c1c(F)ccc(Br)c1F. The number of halogens is 3. The molecule has 0 amide bonds. The van der Waals surface area contributed by atoms with Crippen LogP contribution in [0.4, 0.5) is 8.78 Å². The Bertz CT molecular complexity index is 341. The Morgan fingerprint density at radius 1 is 1.46 bits per heavy atom. The number of aliphatic hydroxyl groups is 1. The summed E-state index contributed by atoms with van der Waals surface area (Å²) in [6.45, 7) is 0. The third kappa shape index (κ3) is 1.92. The first-order chi connectivity index (χ1) is 6.07. The summed E-state index contributed by atoms with van der Waals surface area (Å²) in [4.78, 5) is 10.1. The molecule has 13 heavy (non-hydrogen) atoms. The second-order valence-corrected chi connectivity index (χ2v) is 3.19.